The van der Waals surface area contributed by atoms with Gasteiger partial charge in [-0.3, -0.25) is 9.69 Å². The van der Waals surface area contributed by atoms with Crippen molar-refractivity contribution in [3.05, 3.63) is 18.2 Å². The van der Waals surface area contributed by atoms with Crippen molar-refractivity contribution in [3.8, 4) is 0 Å². The number of carboxylic acid groups (broad SMARTS) is 1. The number of hydrogen-bond donors (Lipinski definition) is 4. The third kappa shape index (κ3) is 3.00. The van der Waals surface area contributed by atoms with Crippen LogP contribution in [0, 0.1) is 0 Å². The second kappa shape index (κ2) is 5.38. The highest BCUT2D eigenvalue weighted by molar-refractivity contribution is 5.90. The number of aromatic nitrogens is 2. The molecule has 0 radical (unpaired) electrons. The number of imidazole rings is 1. The molecule has 1 saturated heterocycles. The molecule has 1 unspecified atom stereocenters. The summed E-state index contributed by atoms with van der Waals surface area (Å²) < 4.78 is 0. The summed E-state index contributed by atoms with van der Waals surface area (Å²) in [7, 11) is 0. The molecule has 2 rings (SSSR count). The van der Waals surface area contributed by atoms with Crippen molar-refractivity contribution in [3.63, 3.8) is 0 Å². The minimum Gasteiger partial charge on any atom is -0.480 e. The van der Waals surface area contributed by atoms with E-state index in [1.54, 1.807) is 0 Å². The van der Waals surface area contributed by atoms with Gasteiger partial charge in [-0.15, -0.1) is 0 Å². The fourth-order valence-corrected chi connectivity index (χ4v) is 1.73. The van der Waals surface area contributed by atoms with E-state index in [1.807, 2.05) is 0 Å². The number of rotatable bonds is 3. The Hall–Kier alpha value is -2.58. The number of aromatic amines is 1. The lowest BCUT2D eigenvalue weighted by Gasteiger charge is -2.32. The first kappa shape index (κ1) is 12.9. The monoisotopic (exact) mass is 267 g/mol. The molecule has 0 aromatic carbocycles. The molecule has 4 N–H and O–H groups in total. The first-order valence-electron chi connectivity index (χ1n) is 5.59. The molecule has 102 valence electrons. The third-order valence-corrected chi connectivity index (χ3v) is 2.71. The zero-order valence-corrected chi connectivity index (χ0v) is 9.92. The predicted molar refractivity (Wildman–Crippen MR) is 62.0 cm³/mol. The van der Waals surface area contributed by atoms with Gasteiger partial charge in [-0.25, -0.2) is 14.6 Å². The molecule has 0 aliphatic carbocycles. The Kier molecular flexibility index (Phi) is 3.64. The molecule has 1 aromatic heterocycles. The average molecular weight is 267 g/mol. The summed E-state index contributed by atoms with van der Waals surface area (Å²) in [6.07, 6.45) is 3.01. The number of carbonyl (C=O) groups is 3. The lowest BCUT2D eigenvalue weighted by atomic mass is 10.2. The number of piperazine rings is 1. The van der Waals surface area contributed by atoms with E-state index >= 15 is 0 Å². The van der Waals surface area contributed by atoms with Gasteiger partial charge in [0.2, 0.25) is 5.91 Å². The molecule has 2 heterocycles. The maximum atomic E-state index is 11.9. The van der Waals surface area contributed by atoms with Crippen molar-refractivity contribution in [1.29, 1.82) is 0 Å². The Morgan fingerprint density at radius 1 is 1.58 bits per heavy atom. The normalized spacial score (nSPS) is 18.8. The van der Waals surface area contributed by atoms with Crippen molar-refractivity contribution in [2.75, 3.05) is 13.1 Å². The minimum absolute atomic E-state index is 0.0916. The van der Waals surface area contributed by atoms with Crippen LogP contribution in [0.2, 0.25) is 0 Å². The molecule has 1 atom stereocenters. The summed E-state index contributed by atoms with van der Waals surface area (Å²) in [5, 5.41) is 13.9. The zero-order valence-electron chi connectivity index (χ0n) is 9.92. The van der Waals surface area contributed by atoms with Crippen molar-refractivity contribution in [2.24, 2.45) is 0 Å². The number of nitrogens with one attached hydrogen (secondary N) is 3. The second-order valence-electron chi connectivity index (χ2n) is 4.02. The van der Waals surface area contributed by atoms with Crippen molar-refractivity contribution in [2.45, 2.75) is 12.6 Å². The van der Waals surface area contributed by atoms with E-state index in [0.717, 1.165) is 4.90 Å². The molecule has 1 fully saturated rings. The van der Waals surface area contributed by atoms with Gasteiger partial charge in [0.05, 0.1) is 18.6 Å². The largest absolute Gasteiger partial charge is 0.480 e. The Morgan fingerprint density at radius 3 is 3.00 bits per heavy atom. The van der Waals surface area contributed by atoms with Crippen molar-refractivity contribution < 1.29 is 19.5 Å². The van der Waals surface area contributed by atoms with Gasteiger partial charge in [-0.05, 0) is 0 Å². The van der Waals surface area contributed by atoms with Crippen LogP contribution >= 0.6 is 0 Å². The van der Waals surface area contributed by atoms with Crippen LogP contribution in [0.1, 0.15) is 5.69 Å². The number of carbonyl (C=O) groups excluding carboxylic acids is 2. The van der Waals surface area contributed by atoms with Crippen molar-refractivity contribution in [1.82, 2.24) is 25.5 Å². The summed E-state index contributed by atoms with van der Waals surface area (Å²) >= 11 is 0. The molecule has 9 heteroatoms. The number of hydrogen-bond acceptors (Lipinski definition) is 4. The lowest BCUT2D eigenvalue weighted by molar-refractivity contribution is -0.144. The van der Waals surface area contributed by atoms with Gasteiger partial charge in [-0.1, -0.05) is 0 Å². The molecule has 3 amide bonds. The summed E-state index contributed by atoms with van der Waals surface area (Å²) in [6.45, 7) is -0.180. The van der Waals surface area contributed by atoms with Crippen LogP contribution in [0.25, 0.3) is 0 Å². The molecule has 0 spiro atoms. The van der Waals surface area contributed by atoms with Gasteiger partial charge in [0, 0.05) is 12.7 Å². The Bertz CT molecular complexity index is 486. The van der Waals surface area contributed by atoms with Crippen LogP contribution in [0.4, 0.5) is 4.79 Å². The number of H-pyrrole nitrogens is 1. The maximum Gasteiger partial charge on any atom is 0.328 e. The van der Waals surface area contributed by atoms with E-state index in [1.165, 1.54) is 12.5 Å². The van der Waals surface area contributed by atoms with Crippen LogP contribution in [0.3, 0.4) is 0 Å². The highest BCUT2D eigenvalue weighted by Gasteiger charge is 2.35. The molecular weight excluding hydrogens is 254 g/mol. The van der Waals surface area contributed by atoms with Gasteiger partial charge in [0.25, 0.3) is 0 Å². The highest BCUT2D eigenvalue weighted by Crippen LogP contribution is 2.05. The standard InChI is InChI=1S/C10H13N5O4/c16-8-4-15(7(3-12-8)9(17)18)10(19)13-2-6-1-11-5-14-6/h1,5,7H,2-4H2,(H,11,14)(H,12,16)(H,13,19)(H,17,18). The molecule has 1 aliphatic heterocycles. The number of nitrogens with zero attached hydrogens (tertiary/aromatic N) is 2. The maximum absolute atomic E-state index is 11.9. The van der Waals surface area contributed by atoms with E-state index in [2.05, 4.69) is 20.6 Å². The SMILES string of the molecule is O=C1CN(C(=O)NCc2cnc[nH]2)C(C(=O)O)CN1. The molecule has 19 heavy (non-hydrogen) atoms. The average Bonchev–Trinajstić information content (AvgIpc) is 2.88. The summed E-state index contributed by atoms with van der Waals surface area (Å²) in [5.74, 6) is -1.54. The fraction of sp³-hybridized carbons (Fsp3) is 0.400. The Labute approximate surface area is 108 Å². The van der Waals surface area contributed by atoms with Gasteiger partial charge in [-0.2, -0.15) is 0 Å². The predicted octanol–water partition coefficient (Wildman–Crippen LogP) is -1.50. The van der Waals surface area contributed by atoms with Crippen LogP contribution in [0.15, 0.2) is 12.5 Å². The smallest absolute Gasteiger partial charge is 0.328 e. The molecule has 9 nitrogen and oxygen atoms in total. The zero-order chi connectivity index (χ0) is 13.8. The van der Waals surface area contributed by atoms with E-state index in [9.17, 15) is 14.4 Å². The number of amides is 3. The second-order valence-corrected chi connectivity index (χ2v) is 4.02. The molecule has 0 saturated carbocycles. The summed E-state index contributed by atoms with van der Waals surface area (Å²) in [6, 6.07) is -1.66. The summed E-state index contributed by atoms with van der Waals surface area (Å²) in [5.41, 5.74) is 0.682. The van der Waals surface area contributed by atoms with Crippen LogP contribution in [-0.2, 0) is 16.1 Å². The van der Waals surface area contributed by atoms with E-state index in [0.29, 0.717) is 5.69 Å². The van der Waals surface area contributed by atoms with Crippen molar-refractivity contribution >= 4 is 17.9 Å². The number of carboxylic acids is 1. The minimum atomic E-state index is -1.16. The van der Waals surface area contributed by atoms with Crippen LogP contribution in [-0.4, -0.2) is 57.0 Å². The molecular formula is C10H13N5O4. The van der Waals surface area contributed by atoms with Gasteiger partial charge in [0.1, 0.15) is 12.6 Å². The molecule has 1 aliphatic rings. The van der Waals surface area contributed by atoms with Gasteiger partial charge < -0.3 is 20.7 Å². The number of urea groups is 1. The van der Waals surface area contributed by atoms with E-state index in [-0.39, 0.29) is 25.5 Å². The number of aliphatic carboxylic acids is 1. The molecule has 1 aromatic rings. The quantitative estimate of drug-likeness (QED) is 0.530. The first-order valence-corrected chi connectivity index (χ1v) is 5.59. The van der Waals surface area contributed by atoms with Crippen LogP contribution < -0.4 is 10.6 Å². The van der Waals surface area contributed by atoms with E-state index in [4.69, 9.17) is 5.11 Å². The van der Waals surface area contributed by atoms with Gasteiger partial charge in [0.15, 0.2) is 0 Å². The topological polar surface area (TPSA) is 127 Å². The third-order valence-electron chi connectivity index (χ3n) is 2.71. The summed E-state index contributed by atoms with van der Waals surface area (Å²) in [4.78, 5) is 41.7. The fourth-order valence-electron chi connectivity index (χ4n) is 1.73. The van der Waals surface area contributed by atoms with Gasteiger partial charge >= 0.3 is 12.0 Å². The van der Waals surface area contributed by atoms with E-state index < -0.39 is 18.0 Å². The molecule has 0 bridgehead atoms. The van der Waals surface area contributed by atoms with Crippen LogP contribution in [0.5, 0.6) is 0 Å². The highest BCUT2D eigenvalue weighted by atomic mass is 16.4. The Balaban J connectivity index is 1.98. The first-order chi connectivity index (χ1) is 9.08. The lowest BCUT2D eigenvalue weighted by Crippen LogP contribution is -2.61. The Morgan fingerprint density at radius 2 is 2.37 bits per heavy atom.